The average molecular weight is 316 g/mol. The van der Waals surface area contributed by atoms with Crippen LogP contribution >= 0.6 is 0 Å². The molecular weight excluding hydrogens is 282 g/mol. The quantitative estimate of drug-likeness (QED) is 0.868. The Morgan fingerprint density at radius 2 is 1.78 bits per heavy atom. The van der Waals surface area contributed by atoms with Crippen molar-refractivity contribution in [1.82, 2.24) is 4.90 Å². The van der Waals surface area contributed by atoms with Crippen LogP contribution in [-0.4, -0.2) is 29.6 Å². The molecule has 2 fully saturated rings. The highest BCUT2D eigenvalue weighted by molar-refractivity contribution is 5.25. The van der Waals surface area contributed by atoms with Crippen LogP contribution in [0.1, 0.15) is 58.4 Å². The van der Waals surface area contributed by atoms with Gasteiger partial charge in [-0.15, -0.1) is 0 Å². The van der Waals surface area contributed by atoms with E-state index >= 15 is 0 Å². The van der Waals surface area contributed by atoms with E-state index in [9.17, 15) is 5.11 Å². The molecule has 0 spiro atoms. The van der Waals surface area contributed by atoms with Gasteiger partial charge in [-0.3, -0.25) is 0 Å². The Kier molecular flexibility index (Phi) is 4.85. The molecule has 0 bridgehead atoms. The van der Waals surface area contributed by atoms with Crippen LogP contribution in [0.2, 0.25) is 0 Å². The molecule has 3 rings (SSSR count). The number of nitrogens with zero attached hydrogens (tertiary/aromatic N) is 1. The molecule has 23 heavy (non-hydrogen) atoms. The molecule has 2 aliphatic rings. The third kappa shape index (κ3) is 3.34. The minimum atomic E-state index is -0.716. The number of piperidine rings is 1. The molecule has 0 aromatic heterocycles. The summed E-state index contributed by atoms with van der Waals surface area (Å²) in [5.74, 6) is 1.09. The normalized spacial score (nSPS) is 30.4. The lowest BCUT2D eigenvalue weighted by molar-refractivity contribution is -0.155. The smallest absolute Gasteiger partial charge is 0.0901 e. The van der Waals surface area contributed by atoms with Crippen LogP contribution in [0.5, 0.6) is 0 Å². The first-order chi connectivity index (χ1) is 10.9. The van der Waals surface area contributed by atoms with Crippen LogP contribution in [-0.2, 0) is 5.60 Å². The fraction of sp³-hybridized carbons (Fsp3) is 0.714. The molecule has 1 aliphatic carbocycles. The van der Waals surface area contributed by atoms with E-state index in [1.807, 2.05) is 25.1 Å². The fourth-order valence-corrected chi connectivity index (χ4v) is 4.96. The van der Waals surface area contributed by atoms with Crippen molar-refractivity contribution in [3.05, 3.63) is 35.9 Å². The second-order valence-corrected chi connectivity index (χ2v) is 8.51. The average Bonchev–Trinajstić information content (AvgIpc) is 2.55. The first kappa shape index (κ1) is 17.0. The summed E-state index contributed by atoms with van der Waals surface area (Å²) in [5.41, 5.74) is 0.564. The molecule has 1 aliphatic heterocycles. The van der Waals surface area contributed by atoms with Gasteiger partial charge in [-0.1, -0.05) is 50.6 Å². The van der Waals surface area contributed by atoms with E-state index in [0.29, 0.717) is 5.92 Å². The Labute approximate surface area is 141 Å². The summed E-state index contributed by atoms with van der Waals surface area (Å²) in [4.78, 5) is 2.64. The van der Waals surface area contributed by atoms with Gasteiger partial charge >= 0.3 is 0 Å². The van der Waals surface area contributed by atoms with E-state index in [1.165, 1.54) is 45.3 Å². The number of hydrogen-bond donors (Lipinski definition) is 1. The summed E-state index contributed by atoms with van der Waals surface area (Å²) in [5, 5.41) is 11.2. The fourth-order valence-electron chi connectivity index (χ4n) is 4.96. The van der Waals surface area contributed by atoms with Crippen molar-refractivity contribution in [3.8, 4) is 0 Å². The number of aliphatic hydroxyl groups is 1. The summed E-state index contributed by atoms with van der Waals surface area (Å²) < 4.78 is 0. The molecule has 1 N–H and O–H groups in total. The van der Waals surface area contributed by atoms with Gasteiger partial charge in [0.15, 0.2) is 0 Å². The number of benzene rings is 1. The molecule has 1 saturated heterocycles. The van der Waals surface area contributed by atoms with Crippen LogP contribution < -0.4 is 0 Å². The summed E-state index contributed by atoms with van der Waals surface area (Å²) >= 11 is 0. The molecule has 1 aromatic rings. The number of likely N-dealkylation sites (tertiary alicyclic amines) is 1. The third-order valence-electron chi connectivity index (χ3n) is 6.75. The van der Waals surface area contributed by atoms with E-state index in [1.54, 1.807) is 0 Å². The van der Waals surface area contributed by atoms with Crippen LogP contribution in [0, 0.1) is 17.3 Å². The molecule has 3 unspecified atom stereocenters. The zero-order valence-electron chi connectivity index (χ0n) is 15.1. The lowest BCUT2D eigenvalue weighted by Crippen LogP contribution is -2.55. The number of hydrogen-bond acceptors (Lipinski definition) is 2. The predicted molar refractivity (Wildman–Crippen MR) is 96.3 cm³/mol. The van der Waals surface area contributed by atoms with Crippen molar-refractivity contribution < 1.29 is 5.11 Å². The first-order valence-electron chi connectivity index (χ1n) is 9.42. The summed E-state index contributed by atoms with van der Waals surface area (Å²) in [7, 11) is 0. The van der Waals surface area contributed by atoms with E-state index in [0.717, 1.165) is 17.9 Å². The van der Waals surface area contributed by atoms with E-state index < -0.39 is 5.60 Å². The molecular formula is C21H33NO. The molecule has 1 saturated carbocycles. The van der Waals surface area contributed by atoms with Gasteiger partial charge in [-0.2, -0.15) is 0 Å². The van der Waals surface area contributed by atoms with Gasteiger partial charge in [0.05, 0.1) is 5.60 Å². The first-order valence-corrected chi connectivity index (χ1v) is 9.42. The minimum Gasteiger partial charge on any atom is -0.385 e. The second-order valence-electron chi connectivity index (χ2n) is 8.51. The van der Waals surface area contributed by atoms with Crippen molar-refractivity contribution in [2.75, 3.05) is 19.6 Å². The minimum absolute atomic E-state index is 0.217. The largest absolute Gasteiger partial charge is 0.385 e. The Balaban J connectivity index is 1.59. The van der Waals surface area contributed by atoms with Gasteiger partial charge in [-0.05, 0) is 75.1 Å². The SMILES string of the molecule is CC(O)(c1ccccc1)C1CC(CCN2CCCCC2)C1(C)C. The maximum absolute atomic E-state index is 11.2. The van der Waals surface area contributed by atoms with Gasteiger partial charge in [0, 0.05) is 0 Å². The van der Waals surface area contributed by atoms with E-state index in [2.05, 4.69) is 30.9 Å². The summed E-state index contributed by atoms with van der Waals surface area (Å²) in [6.45, 7) is 10.6. The zero-order chi connectivity index (χ0) is 16.5. The Morgan fingerprint density at radius 3 is 2.39 bits per heavy atom. The van der Waals surface area contributed by atoms with Crippen molar-refractivity contribution >= 4 is 0 Å². The highest BCUT2D eigenvalue weighted by Gasteiger charge is 2.55. The Hall–Kier alpha value is -0.860. The van der Waals surface area contributed by atoms with Gasteiger partial charge in [0.1, 0.15) is 0 Å². The van der Waals surface area contributed by atoms with Crippen molar-refractivity contribution in [3.63, 3.8) is 0 Å². The summed E-state index contributed by atoms with van der Waals surface area (Å²) in [6.07, 6.45) is 6.60. The van der Waals surface area contributed by atoms with Crippen LogP contribution in [0.25, 0.3) is 0 Å². The van der Waals surface area contributed by atoms with Crippen molar-refractivity contribution in [1.29, 1.82) is 0 Å². The highest BCUT2D eigenvalue weighted by Crippen LogP contribution is 2.59. The van der Waals surface area contributed by atoms with Crippen LogP contribution in [0.15, 0.2) is 30.3 Å². The van der Waals surface area contributed by atoms with E-state index in [4.69, 9.17) is 0 Å². The number of rotatable bonds is 5. The highest BCUT2D eigenvalue weighted by atomic mass is 16.3. The van der Waals surface area contributed by atoms with Gasteiger partial charge in [0.2, 0.25) is 0 Å². The Morgan fingerprint density at radius 1 is 1.13 bits per heavy atom. The summed E-state index contributed by atoms with van der Waals surface area (Å²) in [6, 6.07) is 10.2. The second kappa shape index (κ2) is 6.57. The molecule has 3 atom stereocenters. The lowest BCUT2D eigenvalue weighted by Gasteiger charge is -2.58. The third-order valence-corrected chi connectivity index (χ3v) is 6.75. The molecule has 128 valence electrons. The maximum atomic E-state index is 11.2. The van der Waals surface area contributed by atoms with Crippen molar-refractivity contribution in [2.24, 2.45) is 17.3 Å². The van der Waals surface area contributed by atoms with Gasteiger partial charge < -0.3 is 10.0 Å². The Bertz CT molecular complexity index is 502. The van der Waals surface area contributed by atoms with E-state index in [-0.39, 0.29) is 5.41 Å². The molecule has 1 aromatic carbocycles. The molecule has 2 heteroatoms. The van der Waals surface area contributed by atoms with Crippen LogP contribution in [0.4, 0.5) is 0 Å². The predicted octanol–water partition coefficient (Wildman–Crippen LogP) is 4.43. The molecule has 2 nitrogen and oxygen atoms in total. The monoisotopic (exact) mass is 315 g/mol. The maximum Gasteiger partial charge on any atom is 0.0901 e. The van der Waals surface area contributed by atoms with Crippen molar-refractivity contribution in [2.45, 2.75) is 58.5 Å². The molecule has 1 heterocycles. The lowest BCUT2D eigenvalue weighted by atomic mass is 9.48. The topological polar surface area (TPSA) is 23.5 Å². The molecule has 0 radical (unpaired) electrons. The van der Waals surface area contributed by atoms with Gasteiger partial charge in [-0.25, -0.2) is 0 Å². The molecule has 0 amide bonds. The van der Waals surface area contributed by atoms with Crippen LogP contribution in [0.3, 0.4) is 0 Å². The standard InChI is InChI=1S/C21H33NO/c1-20(2)18(12-15-22-13-8-5-9-14-22)16-19(20)21(3,23)17-10-6-4-7-11-17/h4,6-7,10-11,18-19,23H,5,8-9,12-16H2,1-3H3. The zero-order valence-corrected chi connectivity index (χ0v) is 15.1. The van der Waals surface area contributed by atoms with Gasteiger partial charge in [0.25, 0.3) is 0 Å².